The number of hydrogen-bond donors (Lipinski definition) is 1. The molecule has 0 spiro atoms. The van der Waals surface area contributed by atoms with Gasteiger partial charge in [0.1, 0.15) is 11.5 Å². The Morgan fingerprint density at radius 2 is 2.00 bits per heavy atom. The minimum absolute atomic E-state index is 0.198. The van der Waals surface area contributed by atoms with Gasteiger partial charge in [0.15, 0.2) is 0 Å². The fraction of sp³-hybridized carbons (Fsp3) is 0.529. The molecule has 1 aliphatic heterocycles. The van der Waals surface area contributed by atoms with Crippen LogP contribution in [-0.2, 0) is 17.0 Å². The van der Waals surface area contributed by atoms with Gasteiger partial charge >= 0.3 is 0 Å². The molecule has 1 aliphatic rings. The van der Waals surface area contributed by atoms with E-state index in [1.165, 1.54) is 4.88 Å². The molecule has 3 rings (SSSR count). The van der Waals surface area contributed by atoms with Crippen LogP contribution >= 0.6 is 23.1 Å². The molecule has 1 fully saturated rings. The normalized spacial score (nSPS) is 17.2. The maximum atomic E-state index is 12.2. The average Bonchev–Trinajstić information content (AvgIpc) is 3.30. The third-order valence-electron chi connectivity index (χ3n) is 4.06. The molecule has 3 heterocycles. The molecule has 1 N–H and O–H groups in total. The molecule has 1 atom stereocenters. The van der Waals surface area contributed by atoms with Gasteiger partial charge in [0.05, 0.1) is 31.6 Å². The van der Waals surface area contributed by atoms with E-state index < -0.39 is 5.76 Å². The molecular formula is C17H22F2N2O2S2. The van der Waals surface area contributed by atoms with Crippen LogP contribution in [0.2, 0.25) is 0 Å². The lowest BCUT2D eigenvalue weighted by molar-refractivity contribution is 0.0167. The predicted octanol–water partition coefficient (Wildman–Crippen LogP) is 3.96. The maximum Gasteiger partial charge on any atom is 0.284 e. The standard InChI is InChI=1S/C17H22F2N2O2S2/c18-17(19)25-12-14-4-3-13(23-14)10-20-11-15(16-2-1-9-24-16)21-5-7-22-8-6-21/h1-4,9,15,17,20H,5-8,10-12H2. The van der Waals surface area contributed by atoms with Crippen molar-refractivity contribution in [2.75, 3.05) is 32.8 Å². The predicted molar refractivity (Wildman–Crippen MR) is 97.2 cm³/mol. The zero-order valence-corrected chi connectivity index (χ0v) is 15.5. The second kappa shape index (κ2) is 9.68. The Kier molecular flexibility index (Phi) is 7.30. The lowest BCUT2D eigenvalue weighted by Crippen LogP contribution is -2.42. The number of hydrogen-bond acceptors (Lipinski definition) is 6. The Balaban J connectivity index is 1.51. The molecule has 1 unspecified atom stereocenters. The van der Waals surface area contributed by atoms with Crippen molar-refractivity contribution in [3.63, 3.8) is 0 Å². The Morgan fingerprint density at radius 1 is 1.20 bits per heavy atom. The molecule has 0 aliphatic carbocycles. The highest BCUT2D eigenvalue weighted by Gasteiger charge is 2.23. The molecule has 0 bridgehead atoms. The van der Waals surface area contributed by atoms with Gasteiger partial charge < -0.3 is 14.5 Å². The summed E-state index contributed by atoms with van der Waals surface area (Å²) in [6.45, 7) is 4.80. The summed E-state index contributed by atoms with van der Waals surface area (Å²) >= 11 is 2.34. The van der Waals surface area contributed by atoms with E-state index in [2.05, 4.69) is 27.7 Å². The molecule has 1 saturated heterocycles. The molecule has 2 aromatic rings. The Morgan fingerprint density at radius 3 is 2.72 bits per heavy atom. The summed E-state index contributed by atoms with van der Waals surface area (Å²) < 4.78 is 35.5. The first-order valence-corrected chi connectivity index (χ1v) is 10.2. The van der Waals surface area contributed by atoms with Gasteiger partial charge in [0.25, 0.3) is 5.76 Å². The van der Waals surface area contributed by atoms with Crippen molar-refractivity contribution >= 4 is 23.1 Å². The van der Waals surface area contributed by atoms with E-state index in [1.807, 2.05) is 6.07 Å². The summed E-state index contributed by atoms with van der Waals surface area (Å²) in [4.78, 5) is 3.78. The molecule has 8 heteroatoms. The molecule has 138 valence electrons. The number of alkyl halides is 2. The number of ether oxygens (including phenoxy) is 1. The number of thiophene rings is 1. The van der Waals surface area contributed by atoms with Crippen LogP contribution in [0.5, 0.6) is 0 Å². The Bertz CT molecular complexity index is 616. The van der Waals surface area contributed by atoms with Crippen LogP contribution in [0.4, 0.5) is 8.78 Å². The summed E-state index contributed by atoms with van der Waals surface area (Å²) in [6, 6.07) is 8.17. The summed E-state index contributed by atoms with van der Waals surface area (Å²) in [5, 5.41) is 5.54. The van der Waals surface area contributed by atoms with Crippen LogP contribution in [0.1, 0.15) is 22.4 Å². The molecule has 0 aromatic carbocycles. The molecule has 25 heavy (non-hydrogen) atoms. The Hall–Kier alpha value is -0.930. The van der Waals surface area contributed by atoms with Gasteiger partial charge in [-0.25, -0.2) is 0 Å². The molecule has 0 saturated carbocycles. The molecule has 2 aromatic heterocycles. The first kappa shape index (κ1) is 18.8. The van der Waals surface area contributed by atoms with Crippen molar-refractivity contribution < 1.29 is 17.9 Å². The number of nitrogens with zero attached hydrogens (tertiary/aromatic N) is 1. The highest BCUT2D eigenvalue weighted by Crippen LogP contribution is 2.26. The minimum atomic E-state index is -2.37. The minimum Gasteiger partial charge on any atom is -0.464 e. The van der Waals surface area contributed by atoms with Crippen molar-refractivity contribution in [3.8, 4) is 0 Å². The number of morpholine rings is 1. The second-order valence-corrected chi connectivity index (χ2v) is 7.71. The van der Waals surface area contributed by atoms with Gasteiger partial charge in [-0.3, -0.25) is 4.90 Å². The highest BCUT2D eigenvalue weighted by atomic mass is 32.2. The number of nitrogens with one attached hydrogen (secondary N) is 1. The first-order chi connectivity index (χ1) is 12.2. The van der Waals surface area contributed by atoms with Crippen molar-refractivity contribution in [2.45, 2.75) is 24.1 Å². The Labute approximate surface area is 154 Å². The van der Waals surface area contributed by atoms with E-state index >= 15 is 0 Å². The van der Waals surface area contributed by atoms with Crippen LogP contribution in [0.3, 0.4) is 0 Å². The summed E-state index contributed by atoms with van der Waals surface area (Å²) in [6.07, 6.45) is 0. The van der Waals surface area contributed by atoms with Gasteiger partial charge in [-0.15, -0.1) is 11.3 Å². The van der Waals surface area contributed by atoms with E-state index in [0.29, 0.717) is 30.1 Å². The number of furan rings is 1. The first-order valence-electron chi connectivity index (χ1n) is 8.25. The molecule has 0 radical (unpaired) electrons. The fourth-order valence-corrected chi connectivity index (χ4v) is 4.16. The fourth-order valence-electron chi connectivity index (χ4n) is 2.85. The molecular weight excluding hydrogens is 366 g/mol. The number of thioether (sulfide) groups is 1. The van der Waals surface area contributed by atoms with Gasteiger partial charge in [0, 0.05) is 24.5 Å². The third kappa shape index (κ3) is 5.79. The largest absolute Gasteiger partial charge is 0.464 e. The summed E-state index contributed by atoms with van der Waals surface area (Å²) in [7, 11) is 0. The van der Waals surface area contributed by atoms with E-state index in [4.69, 9.17) is 9.15 Å². The quantitative estimate of drug-likeness (QED) is 0.704. The average molecular weight is 389 g/mol. The van der Waals surface area contributed by atoms with Crippen LogP contribution in [0, 0.1) is 0 Å². The van der Waals surface area contributed by atoms with Crippen LogP contribution in [-0.4, -0.2) is 43.5 Å². The number of rotatable bonds is 9. The summed E-state index contributed by atoms with van der Waals surface area (Å²) in [5.74, 6) is -0.808. The number of halogens is 2. The van der Waals surface area contributed by atoms with Gasteiger partial charge in [-0.1, -0.05) is 17.8 Å². The van der Waals surface area contributed by atoms with Gasteiger partial charge in [-0.2, -0.15) is 8.78 Å². The smallest absolute Gasteiger partial charge is 0.284 e. The van der Waals surface area contributed by atoms with E-state index in [1.54, 1.807) is 17.4 Å². The van der Waals surface area contributed by atoms with Crippen molar-refractivity contribution in [1.29, 1.82) is 0 Å². The van der Waals surface area contributed by atoms with Crippen molar-refractivity contribution in [1.82, 2.24) is 10.2 Å². The highest BCUT2D eigenvalue weighted by molar-refractivity contribution is 7.98. The zero-order valence-electron chi connectivity index (χ0n) is 13.8. The van der Waals surface area contributed by atoms with Crippen molar-refractivity contribution in [3.05, 3.63) is 46.0 Å². The monoisotopic (exact) mass is 388 g/mol. The van der Waals surface area contributed by atoms with E-state index in [0.717, 1.165) is 38.6 Å². The van der Waals surface area contributed by atoms with Crippen molar-refractivity contribution in [2.24, 2.45) is 0 Å². The van der Waals surface area contributed by atoms with Crippen LogP contribution < -0.4 is 5.32 Å². The molecule has 4 nitrogen and oxygen atoms in total. The third-order valence-corrected chi connectivity index (χ3v) is 5.74. The van der Waals surface area contributed by atoms with Gasteiger partial charge in [0.2, 0.25) is 0 Å². The lowest BCUT2D eigenvalue weighted by atomic mass is 10.2. The molecule has 0 amide bonds. The lowest BCUT2D eigenvalue weighted by Gasteiger charge is -2.34. The maximum absolute atomic E-state index is 12.2. The second-order valence-electron chi connectivity index (χ2n) is 5.75. The topological polar surface area (TPSA) is 37.6 Å². The van der Waals surface area contributed by atoms with Gasteiger partial charge in [-0.05, 0) is 23.6 Å². The zero-order chi connectivity index (χ0) is 17.5. The SMILES string of the molecule is FC(F)SCc1ccc(CNCC(c2cccs2)N2CCOCC2)o1. The van der Waals surface area contributed by atoms with E-state index in [-0.39, 0.29) is 5.75 Å². The summed E-state index contributed by atoms with van der Waals surface area (Å²) in [5.41, 5.74) is 0. The van der Waals surface area contributed by atoms with Crippen LogP contribution in [0.15, 0.2) is 34.1 Å². The van der Waals surface area contributed by atoms with E-state index in [9.17, 15) is 8.78 Å². The van der Waals surface area contributed by atoms with Crippen LogP contribution in [0.25, 0.3) is 0 Å².